The summed E-state index contributed by atoms with van der Waals surface area (Å²) in [6.07, 6.45) is 4.03. The maximum atomic E-state index is 12.8. The zero-order valence-corrected chi connectivity index (χ0v) is 14.5. The van der Waals surface area contributed by atoms with Gasteiger partial charge < -0.3 is 11.1 Å². The topological polar surface area (TPSA) is 68.0 Å². The van der Waals surface area contributed by atoms with Gasteiger partial charge in [-0.3, -0.25) is 9.78 Å². The lowest BCUT2D eigenvalue weighted by atomic mass is 9.96. The van der Waals surface area contributed by atoms with Crippen molar-refractivity contribution in [1.82, 2.24) is 4.98 Å². The predicted molar refractivity (Wildman–Crippen MR) is 102 cm³/mol. The quantitative estimate of drug-likeness (QED) is 0.681. The van der Waals surface area contributed by atoms with Gasteiger partial charge in [0.25, 0.3) is 5.91 Å². The van der Waals surface area contributed by atoms with Crippen LogP contribution in [-0.2, 0) is 6.42 Å². The second kappa shape index (κ2) is 7.36. The number of anilines is 2. The van der Waals surface area contributed by atoms with Crippen LogP contribution in [0.2, 0.25) is 5.02 Å². The molecule has 1 amide bonds. The van der Waals surface area contributed by atoms with E-state index in [0.717, 1.165) is 16.7 Å². The summed E-state index contributed by atoms with van der Waals surface area (Å²) in [5.41, 5.74) is 10.9. The lowest BCUT2D eigenvalue weighted by molar-refractivity contribution is 0.102. The molecule has 5 heteroatoms. The van der Waals surface area contributed by atoms with E-state index in [0.29, 0.717) is 28.4 Å². The van der Waals surface area contributed by atoms with E-state index in [4.69, 9.17) is 17.3 Å². The van der Waals surface area contributed by atoms with Gasteiger partial charge in [0.2, 0.25) is 0 Å². The smallest absolute Gasteiger partial charge is 0.256 e. The van der Waals surface area contributed by atoms with Crippen LogP contribution in [0, 0.1) is 6.92 Å². The van der Waals surface area contributed by atoms with E-state index >= 15 is 0 Å². The van der Waals surface area contributed by atoms with Crippen LogP contribution < -0.4 is 11.1 Å². The molecule has 126 valence electrons. The summed E-state index contributed by atoms with van der Waals surface area (Å²) >= 11 is 5.89. The highest BCUT2D eigenvalue weighted by Crippen LogP contribution is 2.24. The van der Waals surface area contributed by atoms with E-state index in [9.17, 15) is 4.79 Å². The average molecular weight is 352 g/mol. The molecule has 25 heavy (non-hydrogen) atoms. The number of carbonyl (C=O) groups is 1. The van der Waals surface area contributed by atoms with Crippen molar-refractivity contribution < 1.29 is 4.79 Å². The number of aryl methyl sites for hydroxylation is 1. The summed E-state index contributed by atoms with van der Waals surface area (Å²) < 4.78 is 0. The highest BCUT2D eigenvalue weighted by atomic mass is 35.5. The SMILES string of the molecule is Cc1cc(N)c(Cc2ccncc2)c(C(=O)Nc2ccc(Cl)cc2)c1. The van der Waals surface area contributed by atoms with E-state index in [1.54, 1.807) is 36.7 Å². The molecule has 1 aromatic heterocycles. The van der Waals surface area contributed by atoms with Crippen LogP contribution in [0.4, 0.5) is 11.4 Å². The molecule has 0 radical (unpaired) electrons. The van der Waals surface area contributed by atoms with Crippen LogP contribution in [0.15, 0.2) is 60.9 Å². The molecule has 1 heterocycles. The maximum absolute atomic E-state index is 12.8. The van der Waals surface area contributed by atoms with E-state index < -0.39 is 0 Å². The lowest BCUT2D eigenvalue weighted by Crippen LogP contribution is -2.16. The number of nitrogen functional groups attached to an aromatic ring is 1. The molecule has 0 bridgehead atoms. The van der Waals surface area contributed by atoms with Gasteiger partial charge in [0, 0.05) is 40.8 Å². The first kappa shape index (κ1) is 17.0. The summed E-state index contributed by atoms with van der Waals surface area (Å²) in [7, 11) is 0. The number of pyridine rings is 1. The van der Waals surface area contributed by atoms with E-state index in [1.807, 2.05) is 31.2 Å². The molecule has 0 unspecified atom stereocenters. The van der Waals surface area contributed by atoms with Crippen molar-refractivity contribution in [3.05, 3.63) is 88.2 Å². The summed E-state index contributed by atoms with van der Waals surface area (Å²) in [4.78, 5) is 16.8. The molecule has 0 saturated heterocycles. The van der Waals surface area contributed by atoms with Gasteiger partial charge in [0.1, 0.15) is 0 Å². The zero-order valence-electron chi connectivity index (χ0n) is 13.8. The number of nitrogens with zero attached hydrogens (tertiary/aromatic N) is 1. The summed E-state index contributed by atoms with van der Waals surface area (Å²) in [5.74, 6) is -0.193. The molecule has 0 aliphatic rings. The van der Waals surface area contributed by atoms with E-state index in [2.05, 4.69) is 10.3 Å². The average Bonchev–Trinajstić information content (AvgIpc) is 2.60. The Balaban J connectivity index is 1.93. The normalized spacial score (nSPS) is 10.5. The number of carbonyl (C=O) groups excluding carboxylic acids is 1. The highest BCUT2D eigenvalue weighted by molar-refractivity contribution is 6.30. The third-order valence-electron chi connectivity index (χ3n) is 3.91. The Morgan fingerprint density at radius 1 is 1.12 bits per heavy atom. The standard InChI is InChI=1S/C20H18ClN3O/c1-13-10-18(20(25)24-16-4-2-15(21)3-5-16)17(19(22)11-13)12-14-6-8-23-9-7-14/h2-11H,12,22H2,1H3,(H,24,25). The second-order valence-corrected chi connectivity index (χ2v) is 6.31. The molecule has 0 fully saturated rings. The molecule has 3 rings (SSSR count). The van der Waals surface area contributed by atoms with E-state index in [1.165, 1.54) is 0 Å². The Hall–Kier alpha value is -2.85. The number of halogens is 1. The van der Waals surface area contributed by atoms with Crippen LogP contribution in [0.1, 0.15) is 27.0 Å². The molecule has 0 atom stereocenters. The van der Waals surface area contributed by atoms with Gasteiger partial charge in [0.05, 0.1) is 0 Å². The van der Waals surface area contributed by atoms with Crippen molar-refractivity contribution in [2.75, 3.05) is 11.1 Å². The predicted octanol–water partition coefficient (Wildman–Crippen LogP) is 4.47. The first-order valence-electron chi connectivity index (χ1n) is 7.88. The number of hydrogen-bond acceptors (Lipinski definition) is 3. The third-order valence-corrected chi connectivity index (χ3v) is 4.16. The fourth-order valence-electron chi connectivity index (χ4n) is 2.68. The number of nitrogens with one attached hydrogen (secondary N) is 1. The summed E-state index contributed by atoms with van der Waals surface area (Å²) in [6.45, 7) is 1.92. The molecule has 0 spiro atoms. The van der Waals surface area contributed by atoms with Gasteiger partial charge in [0.15, 0.2) is 0 Å². The van der Waals surface area contributed by atoms with Crippen LogP contribution in [-0.4, -0.2) is 10.9 Å². The largest absolute Gasteiger partial charge is 0.398 e. The van der Waals surface area contributed by atoms with Crippen molar-refractivity contribution in [1.29, 1.82) is 0 Å². The molecule has 2 aromatic carbocycles. The van der Waals surface area contributed by atoms with Crippen LogP contribution >= 0.6 is 11.6 Å². The van der Waals surface area contributed by atoms with Crippen molar-refractivity contribution in [2.45, 2.75) is 13.3 Å². The number of nitrogens with two attached hydrogens (primary N) is 1. The van der Waals surface area contributed by atoms with Gasteiger partial charge in [-0.2, -0.15) is 0 Å². The number of rotatable bonds is 4. The molecule has 4 nitrogen and oxygen atoms in total. The monoisotopic (exact) mass is 351 g/mol. The summed E-state index contributed by atoms with van der Waals surface area (Å²) in [5, 5.41) is 3.52. The van der Waals surface area contributed by atoms with Crippen molar-refractivity contribution >= 4 is 28.9 Å². The minimum absolute atomic E-state index is 0.193. The minimum atomic E-state index is -0.193. The Labute approximate surface area is 151 Å². The van der Waals surface area contributed by atoms with Crippen LogP contribution in [0.25, 0.3) is 0 Å². The molecule has 0 saturated carbocycles. The first-order valence-corrected chi connectivity index (χ1v) is 8.25. The lowest BCUT2D eigenvalue weighted by Gasteiger charge is -2.14. The third kappa shape index (κ3) is 4.17. The van der Waals surface area contributed by atoms with Gasteiger partial charge in [-0.15, -0.1) is 0 Å². The molecule has 0 aliphatic carbocycles. The number of benzene rings is 2. The van der Waals surface area contributed by atoms with Crippen LogP contribution in [0.3, 0.4) is 0 Å². The van der Waals surface area contributed by atoms with Gasteiger partial charge in [-0.1, -0.05) is 11.6 Å². The first-order chi connectivity index (χ1) is 12.0. The van der Waals surface area contributed by atoms with E-state index in [-0.39, 0.29) is 5.91 Å². The zero-order chi connectivity index (χ0) is 17.8. The summed E-state index contributed by atoms with van der Waals surface area (Å²) in [6, 6.07) is 14.6. The highest BCUT2D eigenvalue weighted by Gasteiger charge is 2.16. The maximum Gasteiger partial charge on any atom is 0.256 e. The number of aromatic nitrogens is 1. The van der Waals surface area contributed by atoms with Gasteiger partial charge in [-0.05, 0) is 72.1 Å². The van der Waals surface area contributed by atoms with Crippen molar-refractivity contribution in [2.24, 2.45) is 0 Å². The molecule has 3 N–H and O–H groups in total. The van der Waals surface area contributed by atoms with Crippen molar-refractivity contribution in [3.63, 3.8) is 0 Å². The minimum Gasteiger partial charge on any atom is -0.398 e. The van der Waals surface area contributed by atoms with Crippen molar-refractivity contribution in [3.8, 4) is 0 Å². The van der Waals surface area contributed by atoms with Crippen LogP contribution in [0.5, 0.6) is 0 Å². The second-order valence-electron chi connectivity index (χ2n) is 5.87. The number of amides is 1. The Morgan fingerprint density at radius 2 is 1.80 bits per heavy atom. The fourth-order valence-corrected chi connectivity index (χ4v) is 2.81. The van der Waals surface area contributed by atoms with Gasteiger partial charge in [-0.25, -0.2) is 0 Å². The Bertz CT molecular complexity index is 893. The molecule has 3 aromatic rings. The molecular formula is C20H18ClN3O. The Kier molecular flexibility index (Phi) is 5.00. The molecule has 0 aliphatic heterocycles. The van der Waals surface area contributed by atoms with Gasteiger partial charge >= 0.3 is 0 Å². The molecular weight excluding hydrogens is 334 g/mol. The Morgan fingerprint density at radius 3 is 2.48 bits per heavy atom. The fraction of sp³-hybridized carbons (Fsp3) is 0.100. The number of hydrogen-bond donors (Lipinski definition) is 2.